The molecule has 18 heavy (non-hydrogen) atoms. The number of rotatable bonds is 4. The van der Waals surface area contributed by atoms with Crippen LogP contribution in [-0.2, 0) is 16.4 Å². The number of nitrogens with zero attached hydrogens (tertiary/aromatic N) is 2. The predicted molar refractivity (Wildman–Crippen MR) is 64.0 cm³/mol. The minimum Gasteiger partial charge on any atom is -0.330 e. The fourth-order valence-corrected chi connectivity index (χ4v) is 2.38. The summed E-state index contributed by atoms with van der Waals surface area (Å²) in [5, 5.41) is 0. The predicted octanol–water partition coefficient (Wildman–Crippen LogP) is 1.75. The van der Waals surface area contributed by atoms with Crippen molar-refractivity contribution in [2.24, 2.45) is 0 Å². The minimum absolute atomic E-state index is 0.0519. The first-order chi connectivity index (χ1) is 8.37. The van der Waals surface area contributed by atoms with Gasteiger partial charge in [-0.1, -0.05) is 0 Å². The smallest absolute Gasteiger partial charge is 0.161 e. The lowest BCUT2D eigenvalue weighted by atomic mass is 10.3. The Morgan fingerprint density at radius 3 is 2.61 bits per heavy atom. The van der Waals surface area contributed by atoms with E-state index >= 15 is 0 Å². The molecule has 2 rings (SSSR count). The van der Waals surface area contributed by atoms with Crippen molar-refractivity contribution >= 4 is 20.9 Å². The lowest BCUT2D eigenvalue weighted by molar-refractivity contribution is 0.510. The van der Waals surface area contributed by atoms with Gasteiger partial charge in [0.05, 0.1) is 23.1 Å². The molecule has 0 atom stereocenters. The summed E-state index contributed by atoms with van der Waals surface area (Å²) in [4.78, 5) is 3.94. The van der Waals surface area contributed by atoms with Crippen molar-refractivity contribution in [3.63, 3.8) is 0 Å². The Bertz CT molecular complexity index is 680. The molecule has 0 N–H and O–H groups in total. The Kier molecular flexibility index (Phi) is 3.34. The van der Waals surface area contributed by atoms with Crippen LogP contribution in [-0.4, -0.2) is 30.0 Å². The first kappa shape index (κ1) is 12.9. The highest BCUT2D eigenvalue weighted by Gasteiger charge is 2.09. The molecule has 0 aliphatic heterocycles. The SMILES string of the molecule is CS(=O)(=O)CCCn1cnc2cc(F)c(F)cc21. The highest BCUT2D eigenvalue weighted by molar-refractivity contribution is 7.90. The molecule has 0 saturated heterocycles. The zero-order chi connectivity index (χ0) is 13.3. The molecule has 1 aromatic carbocycles. The van der Waals surface area contributed by atoms with Crippen molar-refractivity contribution in [1.82, 2.24) is 9.55 Å². The van der Waals surface area contributed by atoms with Gasteiger partial charge in [0.1, 0.15) is 9.84 Å². The molecule has 4 nitrogen and oxygen atoms in total. The monoisotopic (exact) mass is 274 g/mol. The van der Waals surface area contributed by atoms with E-state index in [1.165, 1.54) is 6.33 Å². The molecule has 0 radical (unpaired) electrons. The topological polar surface area (TPSA) is 52.0 Å². The van der Waals surface area contributed by atoms with Gasteiger partial charge in [-0.25, -0.2) is 22.2 Å². The Morgan fingerprint density at radius 2 is 1.94 bits per heavy atom. The maximum atomic E-state index is 13.1. The molecule has 0 spiro atoms. The van der Waals surface area contributed by atoms with Gasteiger partial charge in [-0.15, -0.1) is 0 Å². The van der Waals surface area contributed by atoms with E-state index < -0.39 is 21.5 Å². The molecule has 0 bridgehead atoms. The van der Waals surface area contributed by atoms with Crippen LogP contribution in [0.15, 0.2) is 18.5 Å². The van der Waals surface area contributed by atoms with Crippen LogP contribution in [0.1, 0.15) is 6.42 Å². The van der Waals surface area contributed by atoms with E-state index in [1.807, 2.05) is 0 Å². The van der Waals surface area contributed by atoms with E-state index in [0.717, 1.165) is 18.4 Å². The maximum Gasteiger partial charge on any atom is 0.161 e. The Labute approximate surface area is 103 Å². The Hall–Kier alpha value is -1.50. The van der Waals surface area contributed by atoms with Crippen molar-refractivity contribution in [3.05, 3.63) is 30.1 Å². The van der Waals surface area contributed by atoms with Crippen LogP contribution < -0.4 is 0 Å². The van der Waals surface area contributed by atoms with Gasteiger partial charge in [0, 0.05) is 24.9 Å². The standard InChI is InChI=1S/C11H12F2N2O2S/c1-18(16,17)4-2-3-15-7-14-10-5-8(12)9(13)6-11(10)15/h5-7H,2-4H2,1H3. The van der Waals surface area contributed by atoms with Crippen LogP contribution >= 0.6 is 0 Å². The lowest BCUT2D eigenvalue weighted by Crippen LogP contribution is -2.07. The molecular weight excluding hydrogens is 262 g/mol. The number of aryl methyl sites for hydroxylation is 1. The first-order valence-electron chi connectivity index (χ1n) is 5.34. The quantitative estimate of drug-likeness (QED) is 0.853. The maximum absolute atomic E-state index is 13.1. The van der Waals surface area contributed by atoms with Crippen LogP contribution in [0.4, 0.5) is 8.78 Å². The van der Waals surface area contributed by atoms with Crippen molar-refractivity contribution in [2.45, 2.75) is 13.0 Å². The highest BCUT2D eigenvalue weighted by Crippen LogP contribution is 2.17. The molecule has 0 aliphatic carbocycles. The normalized spacial score (nSPS) is 12.2. The molecule has 0 saturated carbocycles. The van der Waals surface area contributed by atoms with Crippen molar-refractivity contribution in [1.29, 1.82) is 0 Å². The van der Waals surface area contributed by atoms with Crippen LogP contribution in [0.5, 0.6) is 0 Å². The van der Waals surface area contributed by atoms with Crippen molar-refractivity contribution < 1.29 is 17.2 Å². The van der Waals surface area contributed by atoms with Gasteiger partial charge in [-0.05, 0) is 6.42 Å². The van der Waals surface area contributed by atoms with E-state index in [-0.39, 0.29) is 5.75 Å². The fourth-order valence-electron chi connectivity index (χ4n) is 1.73. The van der Waals surface area contributed by atoms with Gasteiger partial charge >= 0.3 is 0 Å². The van der Waals surface area contributed by atoms with E-state index in [1.54, 1.807) is 4.57 Å². The van der Waals surface area contributed by atoms with Crippen LogP contribution in [0, 0.1) is 11.6 Å². The van der Waals surface area contributed by atoms with E-state index in [2.05, 4.69) is 4.98 Å². The fraction of sp³-hybridized carbons (Fsp3) is 0.364. The van der Waals surface area contributed by atoms with Gasteiger partial charge in [-0.3, -0.25) is 0 Å². The number of aromatic nitrogens is 2. The number of halogens is 2. The van der Waals surface area contributed by atoms with Crippen molar-refractivity contribution in [3.8, 4) is 0 Å². The number of fused-ring (bicyclic) bond motifs is 1. The zero-order valence-corrected chi connectivity index (χ0v) is 10.5. The average molecular weight is 274 g/mol. The summed E-state index contributed by atoms with van der Waals surface area (Å²) in [6.45, 7) is 0.397. The summed E-state index contributed by atoms with van der Waals surface area (Å²) in [5.74, 6) is -1.83. The van der Waals surface area contributed by atoms with E-state index in [9.17, 15) is 17.2 Å². The number of hydrogen-bond donors (Lipinski definition) is 0. The van der Waals surface area contributed by atoms with E-state index in [0.29, 0.717) is 24.0 Å². The Morgan fingerprint density at radius 1 is 1.28 bits per heavy atom. The second-order valence-electron chi connectivity index (χ2n) is 4.18. The first-order valence-corrected chi connectivity index (χ1v) is 7.40. The zero-order valence-electron chi connectivity index (χ0n) is 9.73. The average Bonchev–Trinajstić information content (AvgIpc) is 2.60. The molecule has 1 aromatic heterocycles. The minimum atomic E-state index is -3.01. The third-order valence-electron chi connectivity index (χ3n) is 2.58. The van der Waals surface area contributed by atoms with E-state index in [4.69, 9.17) is 0 Å². The summed E-state index contributed by atoms with van der Waals surface area (Å²) in [6, 6.07) is 2.09. The molecule has 98 valence electrons. The largest absolute Gasteiger partial charge is 0.330 e. The highest BCUT2D eigenvalue weighted by atomic mass is 32.2. The summed E-state index contributed by atoms with van der Waals surface area (Å²) in [7, 11) is -3.01. The van der Waals surface area contributed by atoms with Crippen LogP contribution in [0.2, 0.25) is 0 Å². The molecule has 7 heteroatoms. The summed E-state index contributed by atoms with van der Waals surface area (Å²) in [6.07, 6.45) is 3.02. The summed E-state index contributed by atoms with van der Waals surface area (Å²) >= 11 is 0. The second kappa shape index (κ2) is 4.64. The number of imidazole rings is 1. The molecule has 0 unspecified atom stereocenters. The number of sulfone groups is 1. The van der Waals surface area contributed by atoms with Gasteiger partial charge in [0.25, 0.3) is 0 Å². The summed E-state index contributed by atoms with van der Waals surface area (Å²) in [5.41, 5.74) is 0.815. The van der Waals surface area contributed by atoms with Crippen LogP contribution in [0.3, 0.4) is 0 Å². The molecule has 0 fully saturated rings. The van der Waals surface area contributed by atoms with Gasteiger partial charge in [-0.2, -0.15) is 0 Å². The molecule has 0 amide bonds. The van der Waals surface area contributed by atoms with Crippen molar-refractivity contribution in [2.75, 3.05) is 12.0 Å². The number of benzene rings is 1. The molecule has 0 aliphatic rings. The van der Waals surface area contributed by atoms with Gasteiger partial charge < -0.3 is 4.57 Å². The Balaban J connectivity index is 2.22. The number of hydrogen-bond acceptors (Lipinski definition) is 3. The van der Waals surface area contributed by atoms with Gasteiger partial charge in [0.2, 0.25) is 0 Å². The molecule has 2 aromatic rings. The lowest BCUT2D eigenvalue weighted by Gasteiger charge is -2.03. The third-order valence-corrected chi connectivity index (χ3v) is 3.61. The van der Waals surface area contributed by atoms with Crippen LogP contribution in [0.25, 0.3) is 11.0 Å². The molecular formula is C11H12F2N2O2S. The second-order valence-corrected chi connectivity index (χ2v) is 6.44. The summed E-state index contributed by atoms with van der Waals surface area (Å²) < 4.78 is 49.7. The molecule has 1 heterocycles. The van der Waals surface area contributed by atoms with Gasteiger partial charge in [0.15, 0.2) is 11.6 Å². The third kappa shape index (κ3) is 2.84.